The molecule has 1 aliphatic rings. The fourth-order valence-corrected chi connectivity index (χ4v) is 3.05. The van der Waals surface area contributed by atoms with Crippen LogP contribution in [0.3, 0.4) is 0 Å². The molecule has 0 spiro atoms. The lowest BCUT2D eigenvalue weighted by atomic mass is 10.2. The second-order valence-electron chi connectivity index (χ2n) is 5.71. The number of nitrogens with zero attached hydrogens (tertiary/aromatic N) is 1. The van der Waals surface area contributed by atoms with Gasteiger partial charge in [-0.25, -0.2) is 0 Å². The highest BCUT2D eigenvalue weighted by molar-refractivity contribution is 7.07. The van der Waals surface area contributed by atoms with Gasteiger partial charge in [0.2, 0.25) is 0 Å². The van der Waals surface area contributed by atoms with Gasteiger partial charge in [0.25, 0.3) is 0 Å². The van der Waals surface area contributed by atoms with Crippen LogP contribution in [0.25, 0.3) is 0 Å². The van der Waals surface area contributed by atoms with E-state index in [0.717, 1.165) is 25.7 Å². The van der Waals surface area contributed by atoms with Gasteiger partial charge in [-0.2, -0.15) is 11.3 Å². The van der Waals surface area contributed by atoms with E-state index in [9.17, 15) is 0 Å². The molecule has 4 heteroatoms. The van der Waals surface area contributed by atoms with E-state index < -0.39 is 0 Å². The Morgan fingerprint density at radius 2 is 2.26 bits per heavy atom. The lowest BCUT2D eigenvalue weighted by Crippen LogP contribution is -2.47. The molecule has 1 aromatic rings. The third kappa shape index (κ3) is 4.88. The number of rotatable bonds is 9. The van der Waals surface area contributed by atoms with E-state index in [1.54, 1.807) is 18.4 Å². The zero-order valence-electron chi connectivity index (χ0n) is 12.3. The van der Waals surface area contributed by atoms with Crippen molar-refractivity contribution in [3.05, 3.63) is 22.4 Å². The number of hydrogen-bond acceptors (Lipinski definition) is 4. The lowest BCUT2D eigenvalue weighted by molar-refractivity contribution is 0.0778. The molecule has 19 heavy (non-hydrogen) atoms. The molecule has 1 aromatic heterocycles. The Balaban J connectivity index is 1.96. The SMILES string of the molecule is COCC(CNC(C)C)N(Cc1ccsc1)C1CC1. The molecule has 0 aliphatic heterocycles. The van der Waals surface area contributed by atoms with E-state index in [4.69, 9.17) is 4.74 Å². The molecule has 1 N–H and O–H groups in total. The molecule has 0 amide bonds. The van der Waals surface area contributed by atoms with E-state index in [-0.39, 0.29) is 0 Å². The summed E-state index contributed by atoms with van der Waals surface area (Å²) in [6.45, 7) is 7.27. The van der Waals surface area contributed by atoms with Crippen molar-refractivity contribution in [1.82, 2.24) is 10.2 Å². The molecule has 0 radical (unpaired) electrons. The van der Waals surface area contributed by atoms with Crippen molar-refractivity contribution in [2.45, 2.75) is 51.4 Å². The van der Waals surface area contributed by atoms with Crippen molar-refractivity contribution < 1.29 is 4.74 Å². The molecule has 0 bridgehead atoms. The van der Waals surface area contributed by atoms with Gasteiger partial charge in [0.05, 0.1) is 6.61 Å². The minimum Gasteiger partial charge on any atom is -0.383 e. The van der Waals surface area contributed by atoms with Gasteiger partial charge in [-0.15, -0.1) is 0 Å². The molecule has 0 aromatic carbocycles. The highest BCUT2D eigenvalue weighted by Gasteiger charge is 2.33. The highest BCUT2D eigenvalue weighted by Crippen LogP contribution is 2.30. The van der Waals surface area contributed by atoms with Crippen LogP contribution in [0, 0.1) is 0 Å². The minimum absolute atomic E-state index is 0.472. The number of ether oxygens (including phenoxy) is 1. The molecule has 1 unspecified atom stereocenters. The van der Waals surface area contributed by atoms with Gasteiger partial charge >= 0.3 is 0 Å². The average Bonchev–Trinajstić information content (AvgIpc) is 3.09. The first-order valence-electron chi connectivity index (χ1n) is 7.20. The van der Waals surface area contributed by atoms with Crippen molar-refractivity contribution in [3.8, 4) is 0 Å². The van der Waals surface area contributed by atoms with Crippen LogP contribution in [0.4, 0.5) is 0 Å². The van der Waals surface area contributed by atoms with E-state index in [0.29, 0.717) is 12.1 Å². The van der Waals surface area contributed by atoms with Gasteiger partial charge in [-0.3, -0.25) is 4.90 Å². The second kappa shape index (κ2) is 7.39. The Morgan fingerprint density at radius 3 is 2.79 bits per heavy atom. The summed E-state index contributed by atoms with van der Waals surface area (Å²) in [6, 6.07) is 4.00. The molecule has 3 nitrogen and oxygen atoms in total. The predicted octanol–water partition coefficient (Wildman–Crippen LogP) is 2.73. The minimum atomic E-state index is 0.472. The van der Waals surface area contributed by atoms with Gasteiger partial charge < -0.3 is 10.1 Å². The first kappa shape index (κ1) is 15.0. The molecule has 1 saturated carbocycles. The molecule has 0 saturated heterocycles. The normalized spacial score (nSPS) is 17.3. The summed E-state index contributed by atoms with van der Waals surface area (Å²) in [5.41, 5.74) is 1.43. The molecule has 1 fully saturated rings. The van der Waals surface area contributed by atoms with Crippen LogP contribution in [0.5, 0.6) is 0 Å². The fourth-order valence-electron chi connectivity index (χ4n) is 2.39. The summed E-state index contributed by atoms with van der Waals surface area (Å²) in [5.74, 6) is 0. The van der Waals surface area contributed by atoms with Crippen LogP contribution >= 0.6 is 11.3 Å². The number of methoxy groups -OCH3 is 1. The van der Waals surface area contributed by atoms with Crippen LogP contribution < -0.4 is 5.32 Å². The molecule has 108 valence electrons. The summed E-state index contributed by atoms with van der Waals surface area (Å²) < 4.78 is 5.44. The van der Waals surface area contributed by atoms with Crippen LogP contribution in [-0.2, 0) is 11.3 Å². The van der Waals surface area contributed by atoms with Gasteiger partial charge in [-0.1, -0.05) is 13.8 Å². The summed E-state index contributed by atoms with van der Waals surface area (Å²) in [4.78, 5) is 2.63. The Morgan fingerprint density at radius 1 is 1.47 bits per heavy atom. The number of hydrogen-bond donors (Lipinski definition) is 1. The Labute approximate surface area is 121 Å². The van der Waals surface area contributed by atoms with Crippen molar-refractivity contribution in [2.24, 2.45) is 0 Å². The molecule has 1 aliphatic carbocycles. The average molecular weight is 282 g/mol. The van der Waals surface area contributed by atoms with Gasteiger partial charge in [0, 0.05) is 38.3 Å². The van der Waals surface area contributed by atoms with Crippen LogP contribution in [0.2, 0.25) is 0 Å². The summed E-state index contributed by atoms with van der Waals surface area (Å²) >= 11 is 1.78. The third-order valence-corrected chi connectivity index (χ3v) is 4.28. The molecule has 1 atom stereocenters. The van der Waals surface area contributed by atoms with E-state index in [2.05, 4.69) is 40.9 Å². The monoisotopic (exact) mass is 282 g/mol. The van der Waals surface area contributed by atoms with Gasteiger partial charge in [0.15, 0.2) is 0 Å². The number of nitrogens with one attached hydrogen (secondary N) is 1. The largest absolute Gasteiger partial charge is 0.383 e. The van der Waals surface area contributed by atoms with Crippen LogP contribution in [0.1, 0.15) is 32.3 Å². The summed E-state index contributed by atoms with van der Waals surface area (Å²) in [5, 5.41) is 7.98. The Kier molecular flexibility index (Phi) is 5.82. The maximum absolute atomic E-state index is 5.44. The zero-order valence-corrected chi connectivity index (χ0v) is 13.1. The molecule has 2 rings (SSSR count). The topological polar surface area (TPSA) is 24.5 Å². The van der Waals surface area contributed by atoms with Crippen LogP contribution in [-0.4, -0.2) is 43.3 Å². The standard InChI is InChI=1S/C15H26N2OS/c1-12(2)16-8-15(10-18-3)17(14-4-5-14)9-13-6-7-19-11-13/h6-7,11-12,14-16H,4-5,8-10H2,1-3H3. The van der Waals surface area contributed by atoms with Crippen molar-refractivity contribution in [3.63, 3.8) is 0 Å². The van der Waals surface area contributed by atoms with Crippen molar-refractivity contribution >= 4 is 11.3 Å². The maximum Gasteiger partial charge on any atom is 0.0630 e. The summed E-state index contributed by atoms with van der Waals surface area (Å²) in [7, 11) is 1.80. The van der Waals surface area contributed by atoms with E-state index in [1.807, 2.05) is 0 Å². The van der Waals surface area contributed by atoms with Gasteiger partial charge in [-0.05, 0) is 35.2 Å². The fraction of sp³-hybridized carbons (Fsp3) is 0.733. The van der Waals surface area contributed by atoms with Crippen molar-refractivity contribution in [2.75, 3.05) is 20.3 Å². The lowest BCUT2D eigenvalue weighted by Gasteiger charge is -2.32. The quantitative estimate of drug-likeness (QED) is 0.754. The molecular weight excluding hydrogens is 256 g/mol. The highest BCUT2D eigenvalue weighted by atomic mass is 32.1. The van der Waals surface area contributed by atoms with E-state index in [1.165, 1.54) is 18.4 Å². The zero-order chi connectivity index (χ0) is 13.7. The Hall–Kier alpha value is -0.420. The predicted molar refractivity (Wildman–Crippen MR) is 81.7 cm³/mol. The second-order valence-corrected chi connectivity index (χ2v) is 6.49. The van der Waals surface area contributed by atoms with E-state index >= 15 is 0 Å². The van der Waals surface area contributed by atoms with Crippen LogP contribution in [0.15, 0.2) is 16.8 Å². The molecule has 1 heterocycles. The summed E-state index contributed by atoms with van der Waals surface area (Å²) in [6.07, 6.45) is 2.68. The first-order chi connectivity index (χ1) is 9.20. The Bertz CT molecular complexity index is 349. The number of thiophene rings is 1. The maximum atomic E-state index is 5.44. The third-order valence-electron chi connectivity index (χ3n) is 3.55. The smallest absolute Gasteiger partial charge is 0.0630 e. The molecular formula is C15H26N2OS. The van der Waals surface area contributed by atoms with Gasteiger partial charge in [0.1, 0.15) is 0 Å². The van der Waals surface area contributed by atoms with Crippen molar-refractivity contribution in [1.29, 1.82) is 0 Å². The first-order valence-corrected chi connectivity index (χ1v) is 8.14.